The highest BCUT2D eigenvalue weighted by Crippen LogP contribution is 2.30. The lowest BCUT2D eigenvalue weighted by Gasteiger charge is -2.10. The lowest BCUT2D eigenvalue weighted by Crippen LogP contribution is -2.21. The van der Waals surface area contributed by atoms with Gasteiger partial charge in [-0.3, -0.25) is 0 Å². The molecule has 1 heterocycles. The zero-order chi connectivity index (χ0) is 15.6. The van der Waals surface area contributed by atoms with Crippen LogP contribution >= 0.6 is 15.9 Å². The average Bonchev–Trinajstić information content (AvgIpc) is 2.85. The van der Waals surface area contributed by atoms with Gasteiger partial charge in [-0.05, 0) is 33.6 Å². The van der Waals surface area contributed by atoms with Gasteiger partial charge in [0.2, 0.25) is 0 Å². The van der Waals surface area contributed by atoms with Crippen LogP contribution in [0.1, 0.15) is 25.0 Å². The summed E-state index contributed by atoms with van der Waals surface area (Å²) >= 11 is 3.38. The van der Waals surface area contributed by atoms with Crippen molar-refractivity contribution in [2.45, 2.75) is 32.6 Å². The molecular formula is C14H15BrF3N3. The standard InChI is InChI=1S/C14H15BrF3N3/c1-9(2)19-6-10-3-4-13(12(15)5-10)21-8-11(7-20-21)14(16,17)18/h3-5,7-9,19H,6H2,1-2H3. The fraction of sp³-hybridized carbons (Fsp3) is 0.357. The quantitative estimate of drug-likeness (QED) is 0.886. The van der Waals surface area contributed by atoms with E-state index >= 15 is 0 Å². The largest absolute Gasteiger partial charge is 0.419 e. The van der Waals surface area contributed by atoms with Crippen molar-refractivity contribution in [1.82, 2.24) is 15.1 Å². The smallest absolute Gasteiger partial charge is 0.310 e. The highest BCUT2D eigenvalue weighted by atomic mass is 79.9. The molecule has 0 fully saturated rings. The van der Waals surface area contributed by atoms with Gasteiger partial charge in [-0.2, -0.15) is 18.3 Å². The lowest BCUT2D eigenvalue weighted by molar-refractivity contribution is -0.137. The van der Waals surface area contributed by atoms with Gasteiger partial charge >= 0.3 is 6.18 Å². The van der Waals surface area contributed by atoms with Crippen molar-refractivity contribution in [2.24, 2.45) is 0 Å². The summed E-state index contributed by atoms with van der Waals surface area (Å²) < 4.78 is 39.7. The van der Waals surface area contributed by atoms with Crippen molar-refractivity contribution >= 4 is 15.9 Å². The van der Waals surface area contributed by atoms with E-state index in [2.05, 4.69) is 26.3 Å². The van der Waals surface area contributed by atoms with Crippen LogP contribution < -0.4 is 5.32 Å². The van der Waals surface area contributed by atoms with Gasteiger partial charge in [0.15, 0.2) is 0 Å². The average molecular weight is 362 g/mol. The van der Waals surface area contributed by atoms with Crippen LogP contribution in [0.15, 0.2) is 35.1 Å². The normalized spacial score (nSPS) is 12.1. The molecule has 0 atom stereocenters. The second-order valence-electron chi connectivity index (χ2n) is 4.99. The van der Waals surface area contributed by atoms with E-state index in [0.29, 0.717) is 22.7 Å². The molecule has 1 aromatic carbocycles. The molecule has 3 nitrogen and oxygen atoms in total. The minimum absolute atomic E-state index is 0.365. The molecule has 0 aliphatic heterocycles. The zero-order valence-corrected chi connectivity index (χ0v) is 13.2. The van der Waals surface area contributed by atoms with Crippen molar-refractivity contribution in [3.05, 3.63) is 46.2 Å². The Bertz CT molecular complexity index is 620. The summed E-state index contributed by atoms with van der Waals surface area (Å²) in [6.07, 6.45) is -2.58. The Kier molecular flexibility index (Phi) is 4.73. The molecular weight excluding hydrogens is 347 g/mol. The molecule has 1 N–H and O–H groups in total. The molecule has 0 bridgehead atoms. The van der Waals surface area contributed by atoms with Gasteiger partial charge in [0, 0.05) is 23.3 Å². The monoisotopic (exact) mass is 361 g/mol. The maximum Gasteiger partial charge on any atom is 0.419 e. The third-order valence-corrected chi connectivity index (χ3v) is 3.52. The molecule has 0 radical (unpaired) electrons. The molecule has 0 amide bonds. The van der Waals surface area contributed by atoms with Crippen molar-refractivity contribution in [3.8, 4) is 5.69 Å². The van der Waals surface area contributed by atoms with E-state index in [4.69, 9.17) is 0 Å². The Morgan fingerprint density at radius 2 is 2.05 bits per heavy atom. The van der Waals surface area contributed by atoms with E-state index in [1.54, 1.807) is 6.07 Å². The summed E-state index contributed by atoms with van der Waals surface area (Å²) in [5.41, 5.74) is 0.848. The third-order valence-electron chi connectivity index (χ3n) is 2.88. The van der Waals surface area contributed by atoms with Crippen LogP contribution in [0.3, 0.4) is 0 Å². The van der Waals surface area contributed by atoms with Gasteiger partial charge in [0.25, 0.3) is 0 Å². The molecule has 21 heavy (non-hydrogen) atoms. The Morgan fingerprint density at radius 1 is 1.33 bits per heavy atom. The molecule has 0 aliphatic carbocycles. The first-order valence-corrected chi connectivity index (χ1v) is 7.20. The van der Waals surface area contributed by atoms with E-state index in [1.165, 1.54) is 4.68 Å². The van der Waals surface area contributed by atoms with Crippen molar-refractivity contribution < 1.29 is 13.2 Å². The molecule has 7 heteroatoms. The van der Waals surface area contributed by atoms with Crippen molar-refractivity contribution in [1.29, 1.82) is 0 Å². The number of benzene rings is 1. The molecule has 0 spiro atoms. The highest BCUT2D eigenvalue weighted by molar-refractivity contribution is 9.10. The maximum atomic E-state index is 12.6. The summed E-state index contributed by atoms with van der Waals surface area (Å²) in [6, 6.07) is 5.85. The summed E-state index contributed by atoms with van der Waals surface area (Å²) in [7, 11) is 0. The molecule has 0 saturated heterocycles. The first-order chi connectivity index (χ1) is 9.77. The minimum Gasteiger partial charge on any atom is -0.310 e. The van der Waals surface area contributed by atoms with E-state index < -0.39 is 11.7 Å². The number of hydrogen-bond donors (Lipinski definition) is 1. The minimum atomic E-state index is -4.38. The molecule has 0 aliphatic rings. The number of hydrogen-bond acceptors (Lipinski definition) is 2. The van der Waals surface area contributed by atoms with Gasteiger partial charge in [-0.1, -0.05) is 19.9 Å². The van der Waals surface area contributed by atoms with Crippen LogP contribution in [0.5, 0.6) is 0 Å². The number of aromatic nitrogens is 2. The number of halogens is 4. The van der Waals surface area contributed by atoms with Gasteiger partial charge in [-0.15, -0.1) is 0 Å². The lowest BCUT2D eigenvalue weighted by atomic mass is 10.2. The van der Waals surface area contributed by atoms with Crippen LogP contribution in [0.2, 0.25) is 0 Å². The van der Waals surface area contributed by atoms with E-state index in [1.807, 2.05) is 26.0 Å². The topological polar surface area (TPSA) is 29.9 Å². The maximum absolute atomic E-state index is 12.6. The molecule has 2 aromatic rings. The van der Waals surface area contributed by atoms with Crippen LogP contribution in [-0.4, -0.2) is 15.8 Å². The predicted octanol–water partition coefficient (Wildman–Crippen LogP) is 4.15. The summed E-state index contributed by atoms with van der Waals surface area (Å²) in [5, 5.41) is 7.05. The fourth-order valence-corrected chi connectivity index (χ4v) is 2.38. The molecule has 0 unspecified atom stereocenters. The van der Waals surface area contributed by atoms with Crippen LogP contribution in [0.4, 0.5) is 13.2 Å². The Hall–Kier alpha value is -1.34. The Balaban J connectivity index is 2.23. The number of nitrogens with one attached hydrogen (secondary N) is 1. The predicted molar refractivity (Wildman–Crippen MR) is 78.2 cm³/mol. The van der Waals surface area contributed by atoms with Crippen LogP contribution in [0, 0.1) is 0 Å². The number of alkyl halides is 3. The van der Waals surface area contributed by atoms with Gasteiger partial charge in [-0.25, -0.2) is 4.68 Å². The van der Waals surface area contributed by atoms with E-state index in [-0.39, 0.29) is 0 Å². The van der Waals surface area contributed by atoms with Crippen LogP contribution in [-0.2, 0) is 12.7 Å². The van der Waals surface area contributed by atoms with E-state index in [0.717, 1.165) is 18.0 Å². The first-order valence-electron chi connectivity index (χ1n) is 6.41. The summed E-state index contributed by atoms with van der Waals surface area (Å²) in [5.74, 6) is 0. The summed E-state index contributed by atoms with van der Waals surface area (Å²) in [6.45, 7) is 4.79. The Morgan fingerprint density at radius 3 is 2.57 bits per heavy atom. The molecule has 2 rings (SSSR count). The van der Waals surface area contributed by atoms with E-state index in [9.17, 15) is 13.2 Å². The van der Waals surface area contributed by atoms with Crippen molar-refractivity contribution in [3.63, 3.8) is 0 Å². The highest BCUT2D eigenvalue weighted by Gasteiger charge is 2.32. The number of rotatable bonds is 4. The molecule has 0 saturated carbocycles. The Labute approximate surface area is 129 Å². The van der Waals surface area contributed by atoms with Gasteiger partial charge in [0.1, 0.15) is 0 Å². The number of nitrogens with zero attached hydrogens (tertiary/aromatic N) is 2. The molecule has 114 valence electrons. The van der Waals surface area contributed by atoms with Crippen molar-refractivity contribution in [2.75, 3.05) is 0 Å². The van der Waals surface area contributed by atoms with Gasteiger partial charge < -0.3 is 5.32 Å². The van der Waals surface area contributed by atoms with Crippen LogP contribution in [0.25, 0.3) is 5.69 Å². The summed E-state index contributed by atoms with van der Waals surface area (Å²) in [4.78, 5) is 0. The second kappa shape index (κ2) is 6.19. The SMILES string of the molecule is CC(C)NCc1ccc(-n2cc(C(F)(F)F)cn2)c(Br)c1. The molecule has 1 aromatic heterocycles. The zero-order valence-electron chi connectivity index (χ0n) is 11.6. The third kappa shape index (κ3) is 4.07. The second-order valence-corrected chi connectivity index (χ2v) is 5.85. The van der Waals surface area contributed by atoms with Gasteiger partial charge in [0.05, 0.1) is 17.4 Å². The fourth-order valence-electron chi connectivity index (χ4n) is 1.77. The first kappa shape index (κ1) is 16.0.